The van der Waals surface area contributed by atoms with Crippen LogP contribution < -0.4 is 19.7 Å². The molecule has 0 saturated heterocycles. The summed E-state index contributed by atoms with van der Waals surface area (Å²) in [6.07, 6.45) is 0.139. The Morgan fingerprint density at radius 1 is 1.22 bits per heavy atom. The van der Waals surface area contributed by atoms with Crippen molar-refractivity contribution in [3.8, 4) is 11.5 Å². The molecule has 0 aliphatic carbocycles. The molecule has 1 heterocycles. The molecule has 0 fully saturated rings. The van der Waals surface area contributed by atoms with Crippen LogP contribution in [0.15, 0.2) is 42.5 Å². The number of rotatable bonds is 5. The Morgan fingerprint density at radius 2 is 1.93 bits per heavy atom. The molecule has 3 rings (SSSR count). The molecule has 0 saturated carbocycles. The van der Waals surface area contributed by atoms with Gasteiger partial charge < -0.3 is 19.7 Å². The second-order valence-corrected chi connectivity index (χ2v) is 7.14. The summed E-state index contributed by atoms with van der Waals surface area (Å²) in [6.45, 7) is 3.63. The SMILES string of the molecule is COc1ccc(NC(=O)CCN2C(=O)C(C)(C)Oc3ccc(Cl)cc32)cc1. The predicted molar refractivity (Wildman–Crippen MR) is 105 cm³/mol. The predicted octanol–water partition coefficient (Wildman–Crippen LogP) is 3.88. The van der Waals surface area contributed by atoms with Gasteiger partial charge in [0.05, 0.1) is 12.8 Å². The van der Waals surface area contributed by atoms with Crippen LogP contribution in [0.4, 0.5) is 11.4 Å². The molecule has 1 aliphatic heterocycles. The Balaban J connectivity index is 1.71. The van der Waals surface area contributed by atoms with E-state index in [9.17, 15) is 9.59 Å². The van der Waals surface area contributed by atoms with Crippen molar-refractivity contribution in [3.05, 3.63) is 47.5 Å². The molecule has 0 spiro atoms. The number of benzene rings is 2. The van der Waals surface area contributed by atoms with Crippen molar-refractivity contribution >= 4 is 34.8 Å². The van der Waals surface area contributed by atoms with E-state index in [0.29, 0.717) is 27.9 Å². The number of anilines is 2. The number of methoxy groups -OCH3 is 1. The highest BCUT2D eigenvalue weighted by Crippen LogP contribution is 2.39. The van der Waals surface area contributed by atoms with Crippen molar-refractivity contribution in [2.24, 2.45) is 0 Å². The van der Waals surface area contributed by atoms with Gasteiger partial charge in [-0.05, 0) is 56.3 Å². The van der Waals surface area contributed by atoms with E-state index in [1.54, 1.807) is 68.3 Å². The molecule has 6 nitrogen and oxygen atoms in total. The molecular formula is C20H21ClN2O4. The van der Waals surface area contributed by atoms with E-state index in [1.165, 1.54) is 0 Å². The Kier molecular flexibility index (Phi) is 5.28. The highest BCUT2D eigenvalue weighted by Gasteiger charge is 2.40. The average molecular weight is 389 g/mol. The lowest BCUT2D eigenvalue weighted by Gasteiger charge is -2.38. The summed E-state index contributed by atoms with van der Waals surface area (Å²) in [5, 5.41) is 3.31. The average Bonchev–Trinajstić information content (AvgIpc) is 2.63. The summed E-state index contributed by atoms with van der Waals surface area (Å²) in [7, 11) is 1.58. The lowest BCUT2D eigenvalue weighted by molar-refractivity contribution is -0.132. The van der Waals surface area contributed by atoms with Crippen molar-refractivity contribution in [1.29, 1.82) is 0 Å². The third kappa shape index (κ3) is 4.17. The molecule has 0 radical (unpaired) electrons. The van der Waals surface area contributed by atoms with Crippen molar-refractivity contribution in [1.82, 2.24) is 0 Å². The zero-order chi connectivity index (χ0) is 19.6. The summed E-state index contributed by atoms with van der Waals surface area (Å²) >= 11 is 6.07. The third-order valence-electron chi connectivity index (χ3n) is 4.27. The van der Waals surface area contributed by atoms with Gasteiger partial charge in [0.2, 0.25) is 5.91 Å². The lowest BCUT2D eigenvalue weighted by Crippen LogP contribution is -2.53. The standard InChI is InChI=1S/C20H21ClN2O4/c1-20(2)19(25)23(16-12-13(21)4-9-17(16)27-20)11-10-18(24)22-14-5-7-15(26-3)8-6-14/h4-9,12H,10-11H2,1-3H3,(H,22,24). The van der Waals surface area contributed by atoms with Gasteiger partial charge in [0.15, 0.2) is 5.60 Å². The quantitative estimate of drug-likeness (QED) is 0.843. The Hall–Kier alpha value is -2.73. The summed E-state index contributed by atoms with van der Waals surface area (Å²) in [4.78, 5) is 26.6. The molecule has 2 aromatic rings. The van der Waals surface area contributed by atoms with Gasteiger partial charge in [-0.1, -0.05) is 11.6 Å². The summed E-state index contributed by atoms with van der Waals surface area (Å²) < 4.78 is 10.9. The highest BCUT2D eigenvalue weighted by atomic mass is 35.5. The van der Waals surface area contributed by atoms with Crippen molar-refractivity contribution in [2.75, 3.05) is 23.9 Å². The highest BCUT2D eigenvalue weighted by molar-refractivity contribution is 6.31. The maximum Gasteiger partial charge on any atom is 0.270 e. The first-order chi connectivity index (χ1) is 12.8. The second-order valence-electron chi connectivity index (χ2n) is 6.71. The van der Waals surface area contributed by atoms with Crippen LogP contribution in [0, 0.1) is 0 Å². The summed E-state index contributed by atoms with van der Waals surface area (Å²) in [5.41, 5.74) is 0.231. The summed E-state index contributed by atoms with van der Waals surface area (Å²) in [5.74, 6) is 0.873. The van der Waals surface area contributed by atoms with E-state index >= 15 is 0 Å². The molecule has 1 N–H and O–H groups in total. The number of carbonyl (C=O) groups excluding carboxylic acids is 2. The lowest BCUT2D eigenvalue weighted by atomic mass is 10.0. The third-order valence-corrected chi connectivity index (χ3v) is 4.51. The van der Waals surface area contributed by atoms with Gasteiger partial charge in [-0.25, -0.2) is 0 Å². The fourth-order valence-electron chi connectivity index (χ4n) is 2.87. The first-order valence-electron chi connectivity index (χ1n) is 8.54. The molecule has 2 aromatic carbocycles. The molecular weight excluding hydrogens is 368 g/mol. The van der Waals surface area contributed by atoms with Gasteiger partial charge in [-0.2, -0.15) is 0 Å². The summed E-state index contributed by atoms with van der Waals surface area (Å²) in [6, 6.07) is 12.2. The van der Waals surface area contributed by atoms with Crippen molar-refractivity contribution in [2.45, 2.75) is 25.9 Å². The minimum absolute atomic E-state index is 0.139. The van der Waals surface area contributed by atoms with E-state index in [2.05, 4.69) is 5.32 Å². The molecule has 1 aliphatic rings. The fourth-order valence-corrected chi connectivity index (χ4v) is 3.04. The van der Waals surface area contributed by atoms with Gasteiger partial charge in [0.1, 0.15) is 11.5 Å². The monoisotopic (exact) mass is 388 g/mol. The molecule has 0 atom stereocenters. The molecule has 142 valence electrons. The Bertz CT molecular complexity index is 865. The number of amides is 2. The van der Waals surface area contributed by atoms with E-state index in [-0.39, 0.29) is 24.8 Å². The molecule has 7 heteroatoms. The van der Waals surface area contributed by atoms with Gasteiger partial charge in [-0.15, -0.1) is 0 Å². The minimum atomic E-state index is -1.01. The van der Waals surface area contributed by atoms with E-state index in [1.807, 2.05) is 0 Å². The zero-order valence-electron chi connectivity index (χ0n) is 15.4. The maximum absolute atomic E-state index is 12.8. The maximum atomic E-state index is 12.8. The van der Waals surface area contributed by atoms with Crippen LogP contribution in [0.1, 0.15) is 20.3 Å². The van der Waals surface area contributed by atoms with Crippen molar-refractivity contribution in [3.63, 3.8) is 0 Å². The van der Waals surface area contributed by atoms with E-state index in [0.717, 1.165) is 0 Å². The van der Waals surface area contributed by atoms with Crippen LogP contribution in [0.2, 0.25) is 5.02 Å². The van der Waals surface area contributed by atoms with Crippen LogP contribution in [0.5, 0.6) is 11.5 Å². The molecule has 0 unspecified atom stereocenters. The Labute approximate surface area is 163 Å². The number of hydrogen-bond acceptors (Lipinski definition) is 4. The molecule has 27 heavy (non-hydrogen) atoms. The number of halogens is 1. The largest absolute Gasteiger partial charge is 0.497 e. The van der Waals surface area contributed by atoms with E-state index < -0.39 is 5.60 Å². The smallest absolute Gasteiger partial charge is 0.270 e. The number of nitrogens with one attached hydrogen (secondary N) is 1. The molecule has 2 amide bonds. The van der Waals surface area contributed by atoms with Crippen LogP contribution in [0.25, 0.3) is 0 Å². The molecule has 0 aromatic heterocycles. The van der Waals surface area contributed by atoms with Gasteiger partial charge in [0, 0.05) is 23.7 Å². The fraction of sp³-hybridized carbons (Fsp3) is 0.300. The van der Waals surface area contributed by atoms with Gasteiger partial charge in [0.25, 0.3) is 5.91 Å². The first kappa shape index (κ1) is 19.0. The van der Waals surface area contributed by atoms with Crippen LogP contribution in [0.3, 0.4) is 0 Å². The normalized spacial score (nSPS) is 15.0. The van der Waals surface area contributed by atoms with Crippen molar-refractivity contribution < 1.29 is 19.1 Å². The topological polar surface area (TPSA) is 67.9 Å². The zero-order valence-corrected chi connectivity index (χ0v) is 16.2. The number of ether oxygens (including phenoxy) is 2. The molecule has 0 bridgehead atoms. The van der Waals surface area contributed by atoms with Crippen LogP contribution >= 0.6 is 11.6 Å². The number of fused-ring (bicyclic) bond motifs is 1. The van der Waals surface area contributed by atoms with Gasteiger partial charge >= 0.3 is 0 Å². The Morgan fingerprint density at radius 3 is 2.59 bits per heavy atom. The second kappa shape index (κ2) is 7.48. The van der Waals surface area contributed by atoms with Gasteiger partial charge in [-0.3, -0.25) is 9.59 Å². The number of carbonyl (C=O) groups is 2. The number of nitrogens with zero attached hydrogens (tertiary/aromatic N) is 1. The minimum Gasteiger partial charge on any atom is -0.497 e. The first-order valence-corrected chi connectivity index (χ1v) is 8.92. The van der Waals surface area contributed by atoms with Crippen LogP contribution in [-0.4, -0.2) is 31.1 Å². The van der Waals surface area contributed by atoms with Crippen LogP contribution in [-0.2, 0) is 9.59 Å². The van der Waals surface area contributed by atoms with E-state index in [4.69, 9.17) is 21.1 Å². The number of hydrogen-bond donors (Lipinski definition) is 1.